The maximum atomic E-state index is 11.8. The summed E-state index contributed by atoms with van der Waals surface area (Å²) in [6, 6.07) is 14.1. The number of aryl methyl sites for hydroxylation is 1. The second-order valence-electron chi connectivity index (χ2n) is 5.72. The Hall–Kier alpha value is -2.86. The number of aromatic nitrogens is 2. The molecular formula is C18H21N5O. The van der Waals surface area contributed by atoms with Crippen molar-refractivity contribution < 1.29 is 4.79 Å². The molecule has 1 aromatic heterocycles. The highest BCUT2D eigenvalue weighted by atomic mass is 16.2. The van der Waals surface area contributed by atoms with Gasteiger partial charge < -0.3 is 11.1 Å². The molecule has 6 nitrogen and oxygen atoms in total. The van der Waals surface area contributed by atoms with E-state index in [1.54, 1.807) is 0 Å². The first-order valence-electron chi connectivity index (χ1n) is 7.97. The SMILES string of the molecule is Cc1ccc(-c2ccc3c(NC(=O)NCCCN)n[nH]c3c2)cc1. The summed E-state index contributed by atoms with van der Waals surface area (Å²) in [6.07, 6.45) is 0.745. The molecular weight excluding hydrogens is 302 g/mol. The third-order valence-corrected chi connectivity index (χ3v) is 3.85. The number of nitrogens with zero attached hydrogens (tertiary/aromatic N) is 1. The molecule has 3 aromatic rings. The molecule has 0 aliphatic rings. The van der Waals surface area contributed by atoms with E-state index in [0.29, 0.717) is 18.9 Å². The molecule has 0 fully saturated rings. The maximum absolute atomic E-state index is 11.8. The molecule has 0 saturated carbocycles. The molecule has 6 heteroatoms. The number of urea groups is 1. The Balaban J connectivity index is 1.78. The van der Waals surface area contributed by atoms with Gasteiger partial charge in [0.25, 0.3) is 0 Å². The summed E-state index contributed by atoms with van der Waals surface area (Å²) in [7, 11) is 0. The minimum Gasteiger partial charge on any atom is -0.338 e. The first-order valence-corrected chi connectivity index (χ1v) is 7.97. The molecule has 0 radical (unpaired) electrons. The van der Waals surface area contributed by atoms with Crippen LogP contribution in [0.15, 0.2) is 42.5 Å². The predicted octanol–water partition coefficient (Wildman–Crippen LogP) is 3.01. The minimum atomic E-state index is -0.278. The molecule has 5 N–H and O–H groups in total. The summed E-state index contributed by atoms with van der Waals surface area (Å²) in [4.78, 5) is 11.8. The number of benzene rings is 2. The Morgan fingerprint density at radius 2 is 1.92 bits per heavy atom. The van der Waals surface area contributed by atoms with E-state index < -0.39 is 0 Å². The molecule has 24 heavy (non-hydrogen) atoms. The van der Waals surface area contributed by atoms with Crippen LogP contribution >= 0.6 is 0 Å². The quantitative estimate of drug-likeness (QED) is 0.543. The van der Waals surface area contributed by atoms with Crippen LogP contribution in [0.25, 0.3) is 22.0 Å². The van der Waals surface area contributed by atoms with Gasteiger partial charge in [-0.3, -0.25) is 10.4 Å². The predicted molar refractivity (Wildman–Crippen MR) is 97.0 cm³/mol. The molecule has 3 rings (SSSR count). The van der Waals surface area contributed by atoms with Gasteiger partial charge in [0.2, 0.25) is 0 Å². The molecule has 0 aliphatic carbocycles. The van der Waals surface area contributed by atoms with Crippen LogP contribution in [0.1, 0.15) is 12.0 Å². The molecule has 0 saturated heterocycles. The molecule has 124 valence electrons. The van der Waals surface area contributed by atoms with Crippen LogP contribution in [0.5, 0.6) is 0 Å². The third-order valence-electron chi connectivity index (χ3n) is 3.85. The lowest BCUT2D eigenvalue weighted by Crippen LogP contribution is -2.30. The highest BCUT2D eigenvalue weighted by Crippen LogP contribution is 2.27. The average molecular weight is 323 g/mol. The van der Waals surface area contributed by atoms with Crippen molar-refractivity contribution >= 4 is 22.8 Å². The van der Waals surface area contributed by atoms with Gasteiger partial charge in [0, 0.05) is 11.9 Å². The Kier molecular flexibility index (Phi) is 4.77. The summed E-state index contributed by atoms with van der Waals surface area (Å²) in [5.74, 6) is 0.519. The summed E-state index contributed by atoms with van der Waals surface area (Å²) in [5, 5.41) is 13.5. The highest BCUT2D eigenvalue weighted by molar-refractivity contribution is 6.00. The summed E-state index contributed by atoms with van der Waals surface area (Å²) < 4.78 is 0. The smallest absolute Gasteiger partial charge is 0.320 e. The fourth-order valence-corrected chi connectivity index (χ4v) is 2.50. The molecule has 0 aliphatic heterocycles. The fourth-order valence-electron chi connectivity index (χ4n) is 2.50. The van der Waals surface area contributed by atoms with Gasteiger partial charge in [-0.15, -0.1) is 0 Å². The van der Waals surface area contributed by atoms with E-state index in [2.05, 4.69) is 52.0 Å². The second kappa shape index (κ2) is 7.14. The Labute approximate surface area is 140 Å². The molecule has 0 atom stereocenters. The lowest BCUT2D eigenvalue weighted by Gasteiger charge is -2.05. The number of rotatable bonds is 5. The van der Waals surface area contributed by atoms with Gasteiger partial charge in [0.15, 0.2) is 5.82 Å². The fraction of sp³-hybridized carbons (Fsp3) is 0.222. The Morgan fingerprint density at radius 3 is 2.67 bits per heavy atom. The van der Waals surface area contributed by atoms with E-state index in [-0.39, 0.29) is 6.03 Å². The van der Waals surface area contributed by atoms with Crippen molar-refractivity contribution in [3.8, 4) is 11.1 Å². The molecule has 0 unspecified atom stereocenters. The van der Waals surface area contributed by atoms with E-state index in [4.69, 9.17) is 5.73 Å². The monoisotopic (exact) mass is 323 g/mol. The third kappa shape index (κ3) is 3.55. The van der Waals surface area contributed by atoms with Crippen LogP contribution in [0.2, 0.25) is 0 Å². The molecule has 0 spiro atoms. The van der Waals surface area contributed by atoms with Crippen LogP contribution in [-0.2, 0) is 0 Å². The van der Waals surface area contributed by atoms with E-state index in [1.165, 1.54) is 5.56 Å². The normalized spacial score (nSPS) is 10.8. The summed E-state index contributed by atoms with van der Waals surface area (Å²) >= 11 is 0. The van der Waals surface area contributed by atoms with Gasteiger partial charge in [-0.2, -0.15) is 5.10 Å². The number of nitrogens with one attached hydrogen (secondary N) is 3. The van der Waals surface area contributed by atoms with Gasteiger partial charge in [-0.25, -0.2) is 4.79 Å². The van der Waals surface area contributed by atoms with Gasteiger partial charge in [-0.1, -0.05) is 35.9 Å². The molecule has 2 aromatic carbocycles. The number of nitrogens with two attached hydrogens (primary N) is 1. The number of H-pyrrole nitrogens is 1. The van der Waals surface area contributed by atoms with Gasteiger partial charge in [-0.05, 0) is 43.1 Å². The second-order valence-corrected chi connectivity index (χ2v) is 5.72. The zero-order chi connectivity index (χ0) is 16.9. The molecule has 2 amide bonds. The lowest BCUT2D eigenvalue weighted by molar-refractivity contribution is 0.252. The topological polar surface area (TPSA) is 95.8 Å². The number of amides is 2. The Morgan fingerprint density at radius 1 is 1.17 bits per heavy atom. The van der Waals surface area contributed by atoms with E-state index in [9.17, 15) is 4.79 Å². The van der Waals surface area contributed by atoms with Crippen LogP contribution in [0, 0.1) is 6.92 Å². The standard InChI is InChI=1S/C18H21N5O/c1-12-3-5-13(6-4-12)14-7-8-15-16(11-14)22-23-17(15)21-18(24)20-10-2-9-19/h3-8,11H,2,9-10,19H2,1H3,(H3,20,21,22,23,24). The van der Waals surface area contributed by atoms with Crippen molar-refractivity contribution in [2.75, 3.05) is 18.4 Å². The van der Waals surface area contributed by atoms with E-state index in [1.807, 2.05) is 18.2 Å². The van der Waals surface area contributed by atoms with Gasteiger partial charge in [0.05, 0.1) is 5.52 Å². The van der Waals surface area contributed by atoms with Crippen molar-refractivity contribution in [1.82, 2.24) is 15.5 Å². The number of carbonyl (C=O) groups is 1. The number of aromatic amines is 1. The van der Waals surface area contributed by atoms with E-state index >= 15 is 0 Å². The largest absolute Gasteiger partial charge is 0.338 e. The molecule has 0 bridgehead atoms. The van der Waals surface area contributed by atoms with Crippen LogP contribution in [0.4, 0.5) is 10.6 Å². The van der Waals surface area contributed by atoms with Crippen molar-refractivity contribution in [2.24, 2.45) is 5.73 Å². The first kappa shape index (κ1) is 16.0. The van der Waals surface area contributed by atoms with Crippen molar-refractivity contribution in [3.63, 3.8) is 0 Å². The number of anilines is 1. The van der Waals surface area contributed by atoms with Gasteiger partial charge >= 0.3 is 6.03 Å². The number of hydrogen-bond donors (Lipinski definition) is 4. The van der Waals surface area contributed by atoms with Crippen molar-refractivity contribution in [3.05, 3.63) is 48.0 Å². The lowest BCUT2D eigenvalue weighted by atomic mass is 10.0. The average Bonchev–Trinajstić information content (AvgIpc) is 2.98. The minimum absolute atomic E-state index is 0.278. The number of carbonyl (C=O) groups excluding carboxylic acids is 1. The summed E-state index contributed by atoms with van der Waals surface area (Å²) in [6.45, 7) is 3.16. The molecule has 1 heterocycles. The van der Waals surface area contributed by atoms with Crippen molar-refractivity contribution in [1.29, 1.82) is 0 Å². The first-order chi connectivity index (χ1) is 11.7. The van der Waals surface area contributed by atoms with Crippen LogP contribution in [0.3, 0.4) is 0 Å². The van der Waals surface area contributed by atoms with E-state index in [0.717, 1.165) is 28.5 Å². The highest BCUT2D eigenvalue weighted by Gasteiger charge is 2.10. The summed E-state index contributed by atoms with van der Waals surface area (Å²) in [5.41, 5.74) is 9.76. The number of fused-ring (bicyclic) bond motifs is 1. The zero-order valence-corrected chi connectivity index (χ0v) is 13.6. The Bertz CT molecular complexity index is 838. The maximum Gasteiger partial charge on any atom is 0.320 e. The van der Waals surface area contributed by atoms with Crippen molar-refractivity contribution in [2.45, 2.75) is 13.3 Å². The van der Waals surface area contributed by atoms with Crippen LogP contribution in [-0.4, -0.2) is 29.3 Å². The zero-order valence-electron chi connectivity index (χ0n) is 13.6. The van der Waals surface area contributed by atoms with Gasteiger partial charge in [0.1, 0.15) is 0 Å². The van der Waals surface area contributed by atoms with Crippen LogP contribution < -0.4 is 16.4 Å². The number of hydrogen-bond acceptors (Lipinski definition) is 3.